The molecule has 1 atom stereocenters. The van der Waals surface area contributed by atoms with Gasteiger partial charge in [0.15, 0.2) is 6.61 Å². The van der Waals surface area contributed by atoms with E-state index < -0.39 is 12.6 Å². The van der Waals surface area contributed by atoms with Crippen LogP contribution in [0.3, 0.4) is 0 Å². The van der Waals surface area contributed by atoms with Crippen molar-refractivity contribution in [3.05, 3.63) is 51.2 Å². The second kappa shape index (κ2) is 8.81. The normalized spacial score (nSPS) is 16.1. The molecule has 1 unspecified atom stereocenters. The van der Waals surface area contributed by atoms with Gasteiger partial charge in [0, 0.05) is 10.4 Å². The van der Waals surface area contributed by atoms with Crippen LogP contribution >= 0.6 is 11.3 Å². The zero-order valence-electron chi connectivity index (χ0n) is 15.1. The molecule has 1 aromatic heterocycles. The molecular formula is C20H22N2O4S. The minimum Gasteiger partial charge on any atom is -0.481 e. The molecule has 1 aromatic carbocycles. The Balaban J connectivity index is 1.63. The summed E-state index contributed by atoms with van der Waals surface area (Å²) >= 11 is 1.54. The first-order valence-electron chi connectivity index (χ1n) is 8.95. The number of rotatable bonds is 7. The summed E-state index contributed by atoms with van der Waals surface area (Å²) in [4.78, 5) is 25.0. The lowest BCUT2D eigenvalue weighted by atomic mass is 9.87. The fourth-order valence-electron chi connectivity index (χ4n) is 3.13. The number of amides is 1. The van der Waals surface area contributed by atoms with Crippen LogP contribution in [0, 0.1) is 5.92 Å². The molecule has 0 spiro atoms. The number of nitrogens with one attached hydrogen (secondary N) is 1. The molecule has 0 bridgehead atoms. The molecule has 1 amide bonds. The van der Waals surface area contributed by atoms with E-state index in [1.54, 1.807) is 35.6 Å². The average molecular weight is 386 g/mol. The molecule has 0 radical (unpaired) electrons. The molecule has 0 fully saturated rings. The second-order valence-electron chi connectivity index (χ2n) is 6.50. The van der Waals surface area contributed by atoms with Crippen LogP contribution in [0.1, 0.15) is 45.4 Å². The van der Waals surface area contributed by atoms with Gasteiger partial charge >= 0.3 is 5.97 Å². The van der Waals surface area contributed by atoms with Crippen LogP contribution in [0.5, 0.6) is 5.75 Å². The highest BCUT2D eigenvalue weighted by molar-refractivity contribution is 7.14. The molecule has 2 aromatic rings. The smallest absolute Gasteiger partial charge is 0.341 e. The van der Waals surface area contributed by atoms with E-state index in [1.165, 1.54) is 29.5 Å². The van der Waals surface area contributed by atoms with Crippen LogP contribution < -0.4 is 10.2 Å². The first-order chi connectivity index (χ1) is 13.1. The maximum Gasteiger partial charge on any atom is 0.341 e. The van der Waals surface area contributed by atoms with Gasteiger partial charge in [0.2, 0.25) is 0 Å². The van der Waals surface area contributed by atoms with Gasteiger partial charge in [0.25, 0.3) is 5.91 Å². The van der Waals surface area contributed by atoms with Crippen molar-refractivity contribution in [2.45, 2.75) is 32.6 Å². The average Bonchev–Trinajstić information content (AvgIpc) is 3.10. The molecular weight excluding hydrogens is 364 g/mol. The zero-order valence-corrected chi connectivity index (χ0v) is 15.9. The predicted molar refractivity (Wildman–Crippen MR) is 105 cm³/mol. The third-order valence-electron chi connectivity index (χ3n) is 4.63. The molecule has 7 heteroatoms. The SMILES string of the molecule is CCC1CCc2sc(C(=O)NN=Cc3ccccc3OCC(=O)O)cc2C1. The van der Waals surface area contributed by atoms with Gasteiger partial charge in [-0.3, -0.25) is 4.79 Å². The van der Waals surface area contributed by atoms with Crippen LogP contribution in [-0.2, 0) is 17.6 Å². The number of hydrogen-bond acceptors (Lipinski definition) is 5. The molecule has 27 heavy (non-hydrogen) atoms. The lowest BCUT2D eigenvalue weighted by molar-refractivity contribution is -0.139. The molecule has 1 aliphatic rings. The highest BCUT2D eigenvalue weighted by atomic mass is 32.1. The Kier molecular flexibility index (Phi) is 6.24. The molecule has 2 N–H and O–H groups in total. The Bertz CT molecular complexity index is 859. The lowest BCUT2D eigenvalue weighted by Gasteiger charge is -2.19. The standard InChI is InChI=1S/C20H22N2O4S/c1-2-13-7-8-17-15(9-13)10-18(27-17)20(25)22-21-11-14-5-3-4-6-16(14)26-12-19(23)24/h3-6,10-11,13H,2,7-9,12H2,1H3,(H,22,25)(H,23,24). The first kappa shape index (κ1) is 19.1. The van der Waals surface area contributed by atoms with Crippen LogP contribution in [0.15, 0.2) is 35.4 Å². The van der Waals surface area contributed by atoms with E-state index in [4.69, 9.17) is 9.84 Å². The topological polar surface area (TPSA) is 88.0 Å². The van der Waals surface area contributed by atoms with Crippen LogP contribution in [-0.4, -0.2) is 29.8 Å². The van der Waals surface area contributed by atoms with E-state index in [-0.39, 0.29) is 5.91 Å². The second-order valence-corrected chi connectivity index (χ2v) is 7.63. The van der Waals surface area contributed by atoms with Crippen molar-refractivity contribution in [1.82, 2.24) is 5.43 Å². The molecule has 0 aliphatic heterocycles. The number of para-hydroxylation sites is 1. The Morgan fingerprint density at radius 3 is 3.00 bits per heavy atom. The van der Waals surface area contributed by atoms with Crippen LogP contribution in [0.2, 0.25) is 0 Å². The summed E-state index contributed by atoms with van der Waals surface area (Å²) in [6.07, 6.45) is 5.91. The van der Waals surface area contributed by atoms with Gasteiger partial charge in [0.05, 0.1) is 11.1 Å². The van der Waals surface area contributed by atoms with E-state index in [2.05, 4.69) is 17.5 Å². The summed E-state index contributed by atoms with van der Waals surface area (Å²) < 4.78 is 5.22. The molecule has 0 saturated heterocycles. The summed E-state index contributed by atoms with van der Waals surface area (Å²) in [5.74, 6) is -0.178. The maximum atomic E-state index is 12.4. The van der Waals surface area contributed by atoms with Gasteiger partial charge in [-0.2, -0.15) is 5.10 Å². The summed E-state index contributed by atoms with van der Waals surface area (Å²) in [6, 6.07) is 8.91. The van der Waals surface area contributed by atoms with Gasteiger partial charge in [-0.15, -0.1) is 11.3 Å². The van der Waals surface area contributed by atoms with Crippen LogP contribution in [0.4, 0.5) is 0 Å². The molecule has 142 valence electrons. The molecule has 3 rings (SSSR count). The summed E-state index contributed by atoms with van der Waals surface area (Å²) in [7, 11) is 0. The molecule has 1 aliphatic carbocycles. The van der Waals surface area contributed by atoms with Crippen molar-refractivity contribution < 1.29 is 19.4 Å². The Morgan fingerprint density at radius 2 is 2.22 bits per heavy atom. The number of thiophene rings is 1. The fraction of sp³-hybridized carbons (Fsp3) is 0.350. The number of aryl methyl sites for hydroxylation is 1. The van der Waals surface area contributed by atoms with Crippen LogP contribution in [0.25, 0.3) is 0 Å². The van der Waals surface area contributed by atoms with E-state index in [0.29, 0.717) is 22.1 Å². The predicted octanol–water partition coefficient (Wildman–Crippen LogP) is 3.49. The maximum absolute atomic E-state index is 12.4. The number of nitrogens with zero attached hydrogens (tertiary/aromatic N) is 1. The number of ether oxygens (including phenoxy) is 1. The summed E-state index contributed by atoms with van der Waals surface area (Å²) in [6.45, 7) is 1.78. The number of carboxylic acid groups (broad SMARTS) is 1. The molecule has 6 nitrogen and oxygen atoms in total. The third kappa shape index (κ3) is 4.95. The van der Waals surface area contributed by atoms with Crippen molar-refractivity contribution in [3.63, 3.8) is 0 Å². The van der Waals surface area contributed by atoms with Gasteiger partial charge in [-0.05, 0) is 48.9 Å². The number of carboxylic acids is 1. The number of hydrazone groups is 1. The monoisotopic (exact) mass is 386 g/mol. The lowest BCUT2D eigenvalue weighted by Crippen LogP contribution is -2.16. The largest absolute Gasteiger partial charge is 0.481 e. The van der Waals surface area contributed by atoms with Crippen molar-refractivity contribution in [1.29, 1.82) is 0 Å². The molecule has 1 heterocycles. The van der Waals surface area contributed by atoms with Crippen molar-refractivity contribution in [3.8, 4) is 5.75 Å². The first-order valence-corrected chi connectivity index (χ1v) is 9.77. The Hall–Kier alpha value is -2.67. The van der Waals surface area contributed by atoms with Gasteiger partial charge in [-0.1, -0.05) is 25.5 Å². The quantitative estimate of drug-likeness (QED) is 0.563. The highest BCUT2D eigenvalue weighted by Crippen LogP contribution is 2.33. The van der Waals surface area contributed by atoms with E-state index in [9.17, 15) is 9.59 Å². The Morgan fingerprint density at radius 1 is 1.41 bits per heavy atom. The van der Waals surface area contributed by atoms with E-state index in [1.807, 2.05) is 6.07 Å². The third-order valence-corrected chi connectivity index (χ3v) is 5.86. The number of fused-ring (bicyclic) bond motifs is 1. The molecule has 0 saturated carbocycles. The van der Waals surface area contributed by atoms with Gasteiger partial charge in [0.1, 0.15) is 5.75 Å². The number of carbonyl (C=O) groups excluding carboxylic acids is 1. The number of hydrogen-bond donors (Lipinski definition) is 2. The zero-order chi connectivity index (χ0) is 19.2. The van der Waals surface area contributed by atoms with Gasteiger partial charge < -0.3 is 9.84 Å². The number of carbonyl (C=O) groups is 2. The minimum absolute atomic E-state index is 0.234. The van der Waals surface area contributed by atoms with Gasteiger partial charge in [-0.25, -0.2) is 10.2 Å². The summed E-state index contributed by atoms with van der Waals surface area (Å²) in [5.41, 5.74) is 4.43. The van der Waals surface area contributed by atoms with Crippen molar-refractivity contribution >= 4 is 29.4 Å². The van der Waals surface area contributed by atoms with Crippen molar-refractivity contribution in [2.75, 3.05) is 6.61 Å². The van der Waals surface area contributed by atoms with E-state index in [0.717, 1.165) is 12.8 Å². The fourth-order valence-corrected chi connectivity index (χ4v) is 4.23. The summed E-state index contributed by atoms with van der Waals surface area (Å²) in [5, 5.41) is 12.7. The van der Waals surface area contributed by atoms with E-state index >= 15 is 0 Å². The minimum atomic E-state index is -1.05. The van der Waals surface area contributed by atoms with Crippen molar-refractivity contribution in [2.24, 2.45) is 11.0 Å². The Labute approximate surface area is 161 Å². The number of benzene rings is 1. The number of aliphatic carboxylic acids is 1. The highest BCUT2D eigenvalue weighted by Gasteiger charge is 2.21.